The molecule has 0 unspecified atom stereocenters. The van der Waals surface area contributed by atoms with Crippen molar-refractivity contribution in [2.75, 3.05) is 12.4 Å². The van der Waals surface area contributed by atoms with Gasteiger partial charge in [0.15, 0.2) is 0 Å². The number of esters is 1. The summed E-state index contributed by atoms with van der Waals surface area (Å²) in [5.74, 6) is 0.450. The molecule has 0 radical (unpaired) electrons. The molecule has 0 heterocycles. The fourth-order valence-electron chi connectivity index (χ4n) is 2.85. The molecule has 26 heavy (non-hydrogen) atoms. The second kappa shape index (κ2) is 20.4. The Hall–Kier alpha value is -0.950. The van der Waals surface area contributed by atoms with E-state index in [-0.39, 0.29) is 5.57 Å². The van der Waals surface area contributed by atoms with Crippen LogP contribution in [0.3, 0.4) is 0 Å². The SMILES string of the molecule is CCCCCCCCCCCCCCCCS/C=C(/C#N)C(=O)OCC. The number of unbranched alkanes of at least 4 members (excludes halogenated alkanes) is 13. The number of carbonyl (C=O) groups is 1. The Morgan fingerprint density at radius 2 is 1.31 bits per heavy atom. The first-order chi connectivity index (χ1) is 12.8. The number of carbonyl (C=O) groups excluding carboxylic acids is 1. The van der Waals surface area contributed by atoms with E-state index in [4.69, 9.17) is 10.00 Å². The monoisotopic (exact) mass is 381 g/mol. The van der Waals surface area contributed by atoms with Crippen molar-refractivity contribution in [1.29, 1.82) is 5.26 Å². The van der Waals surface area contributed by atoms with Crippen molar-refractivity contribution in [2.24, 2.45) is 0 Å². The van der Waals surface area contributed by atoms with Gasteiger partial charge in [0.25, 0.3) is 0 Å². The molecule has 0 saturated carbocycles. The zero-order valence-electron chi connectivity index (χ0n) is 17.1. The number of nitriles is 1. The van der Waals surface area contributed by atoms with Gasteiger partial charge in [0, 0.05) is 0 Å². The van der Waals surface area contributed by atoms with Crippen LogP contribution in [-0.2, 0) is 9.53 Å². The number of nitrogens with zero attached hydrogens (tertiary/aromatic N) is 1. The van der Waals surface area contributed by atoms with Crippen LogP contribution >= 0.6 is 11.8 Å². The minimum atomic E-state index is -0.511. The van der Waals surface area contributed by atoms with Gasteiger partial charge in [0.2, 0.25) is 0 Å². The van der Waals surface area contributed by atoms with E-state index in [1.165, 1.54) is 95.2 Å². The van der Waals surface area contributed by atoms with Crippen molar-refractivity contribution in [2.45, 2.75) is 104 Å². The Morgan fingerprint density at radius 3 is 1.73 bits per heavy atom. The molecular weight excluding hydrogens is 342 g/mol. The quantitative estimate of drug-likeness (QED) is 0.109. The van der Waals surface area contributed by atoms with Crippen LogP contribution in [0.15, 0.2) is 11.0 Å². The third-order valence-corrected chi connectivity index (χ3v) is 5.36. The second-order valence-electron chi connectivity index (χ2n) is 6.83. The molecule has 0 aliphatic rings. The van der Waals surface area contributed by atoms with Gasteiger partial charge in [-0.2, -0.15) is 5.26 Å². The maximum atomic E-state index is 11.4. The first-order valence-corrected chi connectivity index (χ1v) is 11.7. The minimum absolute atomic E-state index is 0.113. The van der Waals surface area contributed by atoms with Gasteiger partial charge in [-0.05, 0) is 24.5 Å². The molecule has 0 aliphatic carbocycles. The number of thioether (sulfide) groups is 1. The average molecular weight is 382 g/mol. The number of ether oxygens (including phenoxy) is 1. The summed E-state index contributed by atoms with van der Waals surface area (Å²) in [5.41, 5.74) is 0.113. The van der Waals surface area contributed by atoms with E-state index in [2.05, 4.69) is 6.92 Å². The van der Waals surface area contributed by atoms with Crippen LogP contribution in [0.1, 0.15) is 104 Å². The Labute approximate surface area is 166 Å². The van der Waals surface area contributed by atoms with Crippen LogP contribution in [0.2, 0.25) is 0 Å². The minimum Gasteiger partial charge on any atom is -0.462 e. The first kappa shape index (κ1) is 25.1. The van der Waals surface area contributed by atoms with E-state index in [1.54, 1.807) is 12.3 Å². The molecule has 0 fully saturated rings. The van der Waals surface area contributed by atoms with Gasteiger partial charge in [0.05, 0.1) is 6.61 Å². The van der Waals surface area contributed by atoms with Gasteiger partial charge in [-0.3, -0.25) is 0 Å². The van der Waals surface area contributed by atoms with E-state index in [0.29, 0.717) is 6.61 Å². The van der Waals surface area contributed by atoms with Crippen molar-refractivity contribution in [3.8, 4) is 6.07 Å². The molecule has 0 aromatic heterocycles. The Bertz CT molecular complexity index is 401. The fraction of sp³-hybridized carbons (Fsp3) is 0.818. The lowest BCUT2D eigenvalue weighted by Gasteiger charge is -2.03. The lowest BCUT2D eigenvalue weighted by molar-refractivity contribution is -0.137. The molecule has 3 nitrogen and oxygen atoms in total. The third kappa shape index (κ3) is 16.5. The Balaban J connectivity index is 3.34. The summed E-state index contributed by atoms with van der Waals surface area (Å²) in [6.07, 6.45) is 19.0. The van der Waals surface area contributed by atoms with Gasteiger partial charge >= 0.3 is 5.97 Å². The van der Waals surface area contributed by atoms with Crippen LogP contribution in [0.4, 0.5) is 0 Å². The van der Waals surface area contributed by atoms with Crippen LogP contribution in [0.5, 0.6) is 0 Å². The topological polar surface area (TPSA) is 50.1 Å². The van der Waals surface area contributed by atoms with E-state index in [0.717, 1.165) is 12.2 Å². The number of hydrogen-bond donors (Lipinski definition) is 0. The smallest absolute Gasteiger partial charge is 0.349 e. The van der Waals surface area contributed by atoms with Gasteiger partial charge in [-0.1, -0.05) is 90.4 Å². The fourth-order valence-corrected chi connectivity index (χ4v) is 3.66. The molecule has 0 aliphatic heterocycles. The van der Waals surface area contributed by atoms with Crippen molar-refractivity contribution < 1.29 is 9.53 Å². The maximum Gasteiger partial charge on any atom is 0.349 e. The van der Waals surface area contributed by atoms with Gasteiger partial charge in [-0.15, -0.1) is 11.8 Å². The van der Waals surface area contributed by atoms with Gasteiger partial charge < -0.3 is 4.74 Å². The van der Waals surface area contributed by atoms with E-state index in [1.807, 2.05) is 6.07 Å². The van der Waals surface area contributed by atoms with Crippen molar-refractivity contribution in [1.82, 2.24) is 0 Å². The lowest BCUT2D eigenvalue weighted by Crippen LogP contribution is -2.05. The molecule has 0 spiro atoms. The van der Waals surface area contributed by atoms with Crippen LogP contribution in [0.25, 0.3) is 0 Å². The van der Waals surface area contributed by atoms with Crippen LogP contribution < -0.4 is 0 Å². The zero-order chi connectivity index (χ0) is 19.3. The van der Waals surface area contributed by atoms with Crippen molar-refractivity contribution >= 4 is 17.7 Å². The number of hydrogen-bond acceptors (Lipinski definition) is 4. The largest absolute Gasteiger partial charge is 0.462 e. The van der Waals surface area contributed by atoms with Gasteiger partial charge in [0.1, 0.15) is 11.6 Å². The summed E-state index contributed by atoms with van der Waals surface area (Å²) >= 11 is 1.54. The molecule has 0 saturated heterocycles. The summed E-state index contributed by atoms with van der Waals surface area (Å²) < 4.78 is 4.83. The molecule has 0 atom stereocenters. The summed E-state index contributed by atoms with van der Waals surface area (Å²) in [4.78, 5) is 11.4. The first-order valence-electron chi connectivity index (χ1n) is 10.6. The molecule has 150 valence electrons. The predicted octanol–water partition coefficient (Wildman–Crippen LogP) is 7.17. The summed E-state index contributed by atoms with van der Waals surface area (Å²) in [6.45, 7) is 4.32. The van der Waals surface area contributed by atoms with Crippen molar-refractivity contribution in [3.05, 3.63) is 11.0 Å². The van der Waals surface area contributed by atoms with Gasteiger partial charge in [-0.25, -0.2) is 4.79 Å². The predicted molar refractivity (Wildman–Crippen MR) is 113 cm³/mol. The molecule has 4 heteroatoms. The number of rotatable bonds is 18. The highest BCUT2D eigenvalue weighted by Crippen LogP contribution is 2.15. The standard InChI is InChI=1S/C22H39NO2S/c1-3-5-6-7-8-9-10-11-12-13-14-15-16-17-18-26-20-21(19-23)22(24)25-4-2/h20H,3-18H2,1-2H3/b21-20-. The highest BCUT2D eigenvalue weighted by Gasteiger charge is 2.08. The van der Waals surface area contributed by atoms with Crippen LogP contribution in [-0.4, -0.2) is 18.3 Å². The third-order valence-electron chi connectivity index (χ3n) is 4.43. The Kier molecular flexibility index (Phi) is 19.6. The highest BCUT2D eigenvalue weighted by atomic mass is 32.2. The summed E-state index contributed by atoms with van der Waals surface area (Å²) in [5, 5.41) is 10.6. The highest BCUT2D eigenvalue weighted by molar-refractivity contribution is 8.02. The van der Waals surface area contributed by atoms with E-state index in [9.17, 15) is 4.79 Å². The molecule has 0 N–H and O–H groups in total. The Morgan fingerprint density at radius 1 is 0.846 bits per heavy atom. The molecule has 0 amide bonds. The molecule has 0 aromatic carbocycles. The average Bonchev–Trinajstić information content (AvgIpc) is 2.64. The second-order valence-corrected chi connectivity index (χ2v) is 7.81. The molecular formula is C22H39NO2S. The summed E-state index contributed by atoms with van der Waals surface area (Å²) in [7, 11) is 0. The molecule has 0 rings (SSSR count). The van der Waals surface area contributed by atoms with E-state index >= 15 is 0 Å². The van der Waals surface area contributed by atoms with Crippen LogP contribution in [0, 0.1) is 11.3 Å². The van der Waals surface area contributed by atoms with E-state index < -0.39 is 5.97 Å². The molecule has 0 bridgehead atoms. The van der Waals surface area contributed by atoms with Crippen molar-refractivity contribution in [3.63, 3.8) is 0 Å². The maximum absolute atomic E-state index is 11.4. The molecule has 0 aromatic rings. The zero-order valence-corrected chi connectivity index (χ0v) is 17.9. The lowest BCUT2D eigenvalue weighted by atomic mass is 10.0. The normalized spacial score (nSPS) is 11.3. The summed E-state index contributed by atoms with van der Waals surface area (Å²) in [6, 6.07) is 1.90.